The molecule has 0 saturated heterocycles. The minimum atomic E-state index is 0.284. The van der Waals surface area contributed by atoms with Gasteiger partial charge in [-0.1, -0.05) is 13.8 Å². The van der Waals surface area contributed by atoms with Crippen LogP contribution in [-0.2, 0) is 0 Å². The lowest BCUT2D eigenvalue weighted by Gasteiger charge is -2.22. The second-order valence-electron chi connectivity index (χ2n) is 4.64. The highest BCUT2D eigenvalue weighted by Gasteiger charge is 2.12. The summed E-state index contributed by atoms with van der Waals surface area (Å²) in [5, 5.41) is 12.0. The molecule has 5 nitrogen and oxygen atoms in total. The lowest BCUT2D eigenvalue weighted by molar-refractivity contribution is 0.749. The standard InChI is InChI=1S/C14H23N5/c1-5-16-12-10-13(18-14(17-12)11(3)4)19(6-2)9-7-8-15/h10-11H,5-7,9H2,1-4H3,(H,16,17,18). The average Bonchev–Trinajstić information content (AvgIpc) is 2.39. The summed E-state index contributed by atoms with van der Waals surface area (Å²) in [6.45, 7) is 10.7. The number of aromatic nitrogens is 2. The second kappa shape index (κ2) is 7.57. The van der Waals surface area contributed by atoms with Gasteiger partial charge in [-0.15, -0.1) is 0 Å². The van der Waals surface area contributed by atoms with Gasteiger partial charge >= 0.3 is 0 Å². The van der Waals surface area contributed by atoms with Crippen LogP contribution in [0.15, 0.2) is 6.07 Å². The van der Waals surface area contributed by atoms with Gasteiger partial charge in [0.2, 0.25) is 0 Å². The quantitative estimate of drug-likeness (QED) is 0.817. The molecule has 0 aromatic carbocycles. The Bertz CT molecular complexity index is 436. The summed E-state index contributed by atoms with van der Waals surface area (Å²) in [4.78, 5) is 11.2. The number of anilines is 2. The molecule has 0 aliphatic rings. The van der Waals surface area contributed by atoms with Crippen LogP contribution in [0.3, 0.4) is 0 Å². The fourth-order valence-electron chi connectivity index (χ4n) is 1.76. The Morgan fingerprint density at radius 2 is 2.11 bits per heavy atom. The number of hydrogen-bond acceptors (Lipinski definition) is 5. The van der Waals surface area contributed by atoms with Gasteiger partial charge in [-0.2, -0.15) is 5.26 Å². The third-order valence-electron chi connectivity index (χ3n) is 2.80. The first-order chi connectivity index (χ1) is 9.12. The van der Waals surface area contributed by atoms with Gasteiger partial charge in [0, 0.05) is 31.6 Å². The summed E-state index contributed by atoms with van der Waals surface area (Å²) >= 11 is 0. The van der Waals surface area contributed by atoms with E-state index in [4.69, 9.17) is 5.26 Å². The van der Waals surface area contributed by atoms with Crippen molar-refractivity contribution >= 4 is 11.6 Å². The molecule has 0 saturated carbocycles. The van der Waals surface area contributed by atoms with Crippen LogP contribution in [0.1, 0.15) is 45.9 Å². The van der Waals surface area contributed by atoms with Crippen LogP contribution in [0.4, 0.5) is 11.6 Å². The van der Waals surface area contributed by atoms with E-state index in [-0.39, 0.29) is 5.92 Å². The lowest BCUT2D eigenvalue weighted by atomic mass is 10.2. The first-order valence-electron chi connectivity index (χ1n) is 6.87. The van der Waals surface area contributed by atoms with Crippen LogP contribution in [0.25, 0.3) is 0 Å². The van der Waals surface area contributed by atoms with Gasteiger partial charge in [0.1, 0.15) is 17.5 Å². The van der Waals surface area contributed by atoms with Gasteiger partial charge in [0.25, 0.3) is 0 Å². The van der Waals surface area contributed by atoms with Crippen molar-refractivity contribution in [2.45, 2.75) is 40.0 Å². The number of nitrogens with one attached hydrogen (secondary N) is 1. The second-order valence-corrected chi connectivity index (χ2v) is 4.64. The molecular formula is C14H23N5. The van der Waals surface area contributed by atoms with Gasteiger partial charge in [0.05, 0.1) is 12.5 Å². The van der Waals surface area contributed by atoms with E-state index in [1.54, 1.807) is 0 Å². The molecule has 0 amide bonds. The fraction of sp³-hybridized carbons (Fsp3) is 0.643. The summed E-state index contributed by atoms with van der Waals surface area (Å²) < 4.78 is 0. The molecule has 5 heteroatoms. The molecule has 0 aliphatic heterocycles. The molecule has 0 fully saturated rings. The van der Waals surface area contributed by atoms with Crippen LogP contribution in [-0.4, -0.2) is 29.6 Å². The first-order valence-corrected chi connectivity index (χ1v) is 6.87. The number of rotatable bonds is 7. The van der Waals surface area contributed by atoms with Gasteiger partial charge < -0.3 is 10.2 Å². The zero-order valence-corrected chi connectivity index (χ0v) is 12.3. The van der Waals surface area contributed by atoms with Crippen molar-refractivity contribution in [3.8, 4) is 6.07 Å². The predicted molar refractivity (Wildman–Crippen MR) is 78.4 cm³/mol. The van der Waals surface area contributed by atoms with Crippen LogP contribution in [0.2, 0.25) is 0 Å². The largest absolute Gasteiger partial charge is 0.370 e. The molecule has 0 unspecified atom stereocenters. The Balaban J connectivity index is 3.06. The Morgan fingerprint density at radius 3 is 2.63 bits per heavy atom. The van der Waals surface area contributed by atoms with E-state index in [2.05, 4.69) is 47.0 Å². The molecule has 0 bridgehead atoms. The van der Waals surface area contributed by atoms with Crippen molar-refractivity contribution in [3.05, 3.63) is 11.9 Å². The van der Waals surface area contributed by atoms with E-state index in [0.717, 1.165) is 30.5 Å². The van der Waals surface area contributed by atoms with Crippen molar-refractivity contribution in [1.29, 1.82) is 5.26 Å². The molecule has 1 heterocycles. The molecule has 104 valence electrons. The molecule has 0 atom stereocenters. The number of nitriles is 1. The molecule has 1 rings (SSSR count). The minimum absolute atomic E-state index is 0.284. The maximum Gasteiger partial charge on any atom is 0.135 e. The lowest BCUT2D eigenvalue weighted by Crippen LogP contribution is -2.25. The highest BCUT2D eigenvalue weighted by atomic mass is 15.2. The Kier molecular flexibility index (Phi) is 6.07. The summed E-state index contributed by atoms with van der Waals surface area (Å²) in [6, 6.07) is 4.13. The monoisotopic (exact) mass is 261 g/mol. The van der Waals surface area contributed by atoms with Crippen molar-refractivity contribution in [1.82, 2.24) is 9.97 Å². The third-order valence-corrected chi connectivity index (χ3v) is 2.80. The van der Waals surface area contributed by atoms with Crippen LogP contribution >= 0.6 is 0 Å². The van der Waals surface area contributed by atoms with Crippen molar-refractivity contribution in [3.63, 3.8) is 0 Å². The van der Waals surface area contributed by atoms with E-state index in [1.807, 2.05) is 13.0 Å². The third kappa shape index (κ3) is 4.40. The summed E-state index contributed by atoms with van der Waals surface area (Å²) in [5.41, 5.74) is 0. The van der Waals surface area contributed by atoms with E-state index in [1.165, 1.54) is 0 Å². The smallest absolute Gasteiger partial charge is 0.135 e. The Labute approximate surface area is 115 Å². The number of nitrogens with zero attached hydrogens (tertiary/aromatic N) is 4. The van der Waals surface area contributed by atoms with Crippen molar-refractivity contribution in [2.75, 3.05) is 29.9 Å². The fourth-order valence-corrected chi connectivity index (χ4v) is 1.76. The number of hydrogen-bond donors (Lipinski definition) is 1. The summed E-state index contributed by atoms with van der Waals surface area (Å²) in [5.74, 6) is 2.87. The van der Waals surface area contributed by atoms with Gasteiger partial charge in [-0.25, -0.2) is 9.97 Å². The maximum absolute atomic E-state index is 8.72. The van der Waals surface area contributed by atoms with Crippen molar-refractivity contribution in [2.24, 2.45) is 0 Å². The highest BCUT2D eigenvalue weighted by molar-refractivity contribution is 5.49. The van der Waals surface area contributed by atoms with Gasteiger partial charge in [-0.3, -0.25) is 0 Å². The maximum atomic E-state index is 8.72. The summed E-state index contributed by atoms with van der Waals surface area (Å²) in [6.07, 6.45) is 0.505. The summed E-state index contributed by atoms with van der Waals surface area (Å²) in [7, 11) is 0. The van der Waals surface area contributed by atoms with Crippen LogP contribution < -0.4 is 10.2 Å². The minimum Gasteiger partial charge on any atom is -0.370 e. The highest BCUT2D eigenvalue weighted by Crippen LogP contribution is 2.20. The SMILES string of the molecule is CCNc1cc(N(CC)CCC#N)nc(C(C)C)n1. The van der Waals surface area contributed by atoms with E-state index >= 15 is 0 Å². The molecular weight excluding hydrogens is 238 g/mol. The Hall–Kier alpha value is -1.83. The normalized spacial score (nSPS) is 10.3. The van der Waals surface area contributed by atoms with Crippen LogP contribution in [0.5, 0.6) is 0 Å². The van der Waals surface area contributed by atoms with E-state index in [0.29, 0.717) is 13.0 Å². The molecule has 1 aromatic heterocycles. The zero-order chi connectivity index (χ0) is 14.3. The zero-order valence-electron chi connectivity index (χ0n) is 12.3. The topological polar surface area (TPSA) is 64.8 Å². The molecule has 1 aromatic rings. The Morgan fingerprint density at radius 1 is 1.37 bits per heavy atom. The predicted octanol–water partition coefficient (Wildman–Crippen LogP) is 2.77. The van der Waals surface area contributed by atoms with Gasteiger partial charge in [0.15, 0.2) is 0 Å². The first kappa shape index (κ1) is 15.2. The molecule has 0 aliphatic carbocycles. The van der Waals surface area contributed by atoms with Crippen LogP contribution in [0, 0.1) is 11.3 Å². The molecule has 19 heavy (non-hydrogen) atoms. The van der Waals surface area contributed by atoms with Gasteiger partial charge in [-0.05, 0) is 13.8 Å². The molecule has 0 spiro atoms. The molecule has 0 radical (unpaired) electrons. The van der Waals surface area contributed by atoms with E-state index in [9.17, 15) is 0 Å². The average molecular weight is 261 g/mol. The molecule has 1 N–H and O–H groups in total. The van der Waals surface area contributed by atoms with E-state index < -0.39 is 0 Å². The van der Waals surface area contributed by atoms with Crippen molar-refractivity contribution < 1.29 is 0 Å².